The highest BCUT2D eigenvalue weighted by atomic mass is 16.5. The number of fused-ring (bicyclic) bond motifs is 2. The zero-order valence-electron chi connectivity index (χ0n) is 13.0. The van der Waals surface area contributed by atoms with Crippen molar-refractivity contribution >= 4 is 17.8 Å². The number of carboxylic acids is 1. The summed E-state index contributed by atoms with van der Waals surface area (Å²) in [5, 5.41) is 12.0. The van der Waals surface area contributed by atoms with Crippen molar-refractivity contribution in [3.05, 3.63) is 12.2 Å². The number of rotatable bonds is 7. The molecular formula is C16H23NO5. The van der Waals surface area contributed by atoms with Crippen molar-refractivity contribution < 1.29 is 24.2 Å². The summed E-state index contributed by atoms with van der Waals surface area (Å²) in [7, 11) is 0. The van der Waals surface area contributed by atoms with E-state index in [0.29, 0.717) is 6.42 Å². The lowest BCUT2D eigenvalue weighted by Crippen LogP contribution is -2.36. The van der Waals surface area contributed by atoms with E-state index < -0.39 is 23.8 Å². The number of carbonyl (C=O) groups excluding carboxylic acids is 2. The first-order chi connectivity index (χ1) is 10.5. The summed E-state index contributed by atoms with van der Waals surface area (Å²) in [6, 6.07) is 0. The van der Waals surface area contributed by atoms with E-state index in [-0.39, 0.29) is 36.8 Å². The molecule has 5 atom stereocenters. The summed E-state index contributed by atoms with van der Waals surface area (Å²) in [5.74, 6) is -2.92. The summed E-state index contributed by atoms with van der Waals surface area (Å²) < 4.78 is 5.17. The summed E-state index contributed by atoms with van der Waals surface area (Å²) in [5.41, 5.74) is 0. The Morgan fingerprint density at radius 1 is 1.27 bits per heavy atom. The van der Waals surface area contributed by atoms with Gasteiger partial charge < -0.3 is 15.2 Å². The number of esters is 1. The molecule has 0 spiro atoms. The highest BCUT2D eigenvalue weighted by Crippen LogP contribution is 2.48. The van der Waals surface area contributed by atoms with Gasteiger partial charge in [0.2, 0.25) is 5.91 Å². The summed E-state index contributed by atoms with van der Waals surface area (Å²) in [4.78, 5) is 35.1. The topological polar surface area (TPSA) is 92.7 Å². The first kappa shape index (κ1) is 16.5. The van der Waals surface area contributed by atoms with Crippen LogP contribution in [0.4, 0.5) is 0 Å². The molecule has 0 aromatic rings. The molecule has 0 aromatic heterocycles. The largest absolute Gasteiger partial charge is 0.481 e. The lowest BCUT2D eigenvalue weighted by Gasteiger charge is -2.23. The van der Waals surface area contributed by atoms with Gasteiger partial charge in [0, 0.05) is 5.92 Å². The van der Waals surface area contributed by atoms with Gasteiger partial charge in [-0.25, -0.2) is 0 Å². The Bertz CT molecular complexity index is 487. The van der Waals surface area contributed by atoms with E-state index in [9.17, 15) is 19.5 Å². The minimum absolute atomic E-state index is 0.0340. The average molecular weight is 309 g/mol. The molecular weight excluding hydrogens is 286 g/mol. The monoisotopic (exact) mass is 309 g/mol. The van der Waals surface area contributed by atoms with Gasteiger partial charge in [0.15, 0.2) is 0 Å². The molecule has 2 aliphatic carbocycles. The average Bonchev–Trinajstić information content (AvgIpc) is 3.10. The zero-order valence-corrected chi connectivity index (χ0v) is 13.0. The second-order valence-corrected chi connectivity index (χ2v) is 6.11. The van der Waals surface area contributed by atoms with E-state index >= 15 is 0 Å². The molecule has 122 valence electrons. The fourth-order valence-electron chi connectivity index (χ4n) is 3.26. The van der Waals surface area contributed by atoms with E-state index in [1.54, 1.807) is 0 Å². The van der Waals surface area contributed by atoms with E-state index in [0.717, 1.165) is 6.42 Å². The predicted octanol–water partition coefficient (Wildman–Crippen LogP) is 1.21. The van der Waals surface area contributed by atoms with Crippen LogP contribution in [0.2, 0.25) is 0 Å². The number of allylic oxidation sites excluding steroid dienone is 2. The van der Waals surface area contributed by atoms with Crippen molar-refractivity contribution in [1.29, 1.82) is 0 Å². The van der Waals surface area contributed by atoms with Crippen LogP contribution in [0.5, 0.6) is 0 Å². The first-order valence-electron chi connectivity index (χ1n) is 7.81. The smallest absolute Gasteiger partial charge is 0.310 e. The van der Waals surface area contributed by atoms with Crippen molar-refractivity contribution in [2.45, 2.75) is 26.7 Å². The maximum Gasteiger partial charge on any atom is 0.310 e. The number of carbonyl (C=O) groups is 3. The standard InChI is InChI=1S/C16H23NO5/c1-3-9(2)14(18)17-6-7-22-16(21)13-11-5-4-10(8-11)12(13)15(19)20/h4-5,9-13H,3,6-8H2,1-2H3,(H,17,18)(H,19,20). The van der Waals surface area contributed by atoms with E-state index in [1.807, 2.05) is 26.0 Å². The first-order valence-corrected chi connectivity index (χ1v) is 7.81. The third kappa shape index (κ3) is 3.31. The molecule has 2 aliphatic rings. The van der Waals surface area contributed by atoms with Gasteiger partial charge in [-0.3, -0.25) is 14.4 Å². The molecule has 2 rings (SSSR count). The molecule has 1 saturated carbocycles. The van der Waals surface area contributed by atoms with Crippen LogP contribution in [-0.4, -0.2) is 36.1 Å². The highest BCUT2D eigenvalue weighted by molar-refractivity contribution is 5.83. The van der Waals surface area contributed by atoms with Gasteiger partial charge in [-0.2, -0.15) is 0 Å². The summed E-state index contributed by atoms with van der Waals surface area (Å²) in [6.07, 6.45) is 5.27. The van der Waals surface area contributed by atoms with E-state index in [2.05, 4.69) is 5.32 Å². The molecule has 5 unspecified atom stereocenters. The van der Waals surface area contributed by atoms with Crippen LogP contribution in [0.25, 0.3) is 0 Å². The Hall–Kier alpha value is -1.85. The van der Waals surface area contributed by atoms with Crippen LogP contribution < -0.4 is 5.32 Å². The lowest BCUT2D eigenvalue weighted by atomic mass is 9.83. The van der Waals surface area contributed by atoms with E-state index in [4.69, 9.17) is 4.74 Å². The molecule has 0 saturated heterocycles. The van der Waals surface area contributed by atoms with Crippen molar-refractivity contribution in [1.82, 2.24) is 5.32 Å². The van der Waals surface area contributed by atoms with Crippen molar-refractivity contribution in [3.8, 4) is 0 Å². The second kappa shape index (κ2) is 6.94. The van der Waals surface area contributed by atoms with Crippen LogP contribution >= 0.6 is 0 Å². The number of ether oxygens (including phenoxy) is 1. The molecule has 22 heavy (non-hydrogen) atoms. The van der Waals surface area contributed by atoms with Crippen LogP contribution in [0, 0.1) is 29.6 Å². The van der Waals surface area contributed by atoms with Crippen molar-refractivity contribution in [2.24, 2.45) is 29.6 Å². The molecule has 6 heteroatoms. The number of hydrogen-bond donors (Lipinski definition) is 2. The molecule has 0 aliphatic heterocycles. The molecule has 2 bridgehead atoms. The normalized spacial score (nSPS) is 30.1. The third-order valence-corrected chi connectivity index (χ3v) is 4.72. The number of carboxylic acid groups (broad SMARTS) is 1. The van der Waals surface area contributed by atoms with Crippen molar-refractivity contribution in [2.75, 3.05) is 13.2 Å². The quantitative estimate of drug-likeness (QED) is 0.419. The number of hydrogen-bond acceptors (Lipinski definition) is 4. The highest BCUT2D eigenvalue weighted by Gasteiger charge is 2.52. The Morgan fingerprint density at radius 3 is 2.50 bits per heavy atom. The minimum Gasteiger partial charge on any atom is -0.481 e. The fourth-order valence-corrected chi connectivity index (χ4v) is 3.26. The number of aliphatic carboxylic acids is 1. The van der Waals surface area contributed by atoms with Gasteiger partial charge in [0.05, 0.1) is 18.4 Å². The zero-order chi connectivity index (χ0) is 16.3. The Balaban J connectivity index is 1.79. The molecule has 0 heterocycles. The fraction of sp³-hybridized carbons (Fsp3) is 0.688. The molecule has 1 amide bonds. The van der Waals surface area contributed by atoms with Crippen LogP contribution in [0.15, 0.2) is 12.2 Å². The molecule has 0 aromatic carbocycles. The molecule has 0 radical (unpaired) electrons. The Morgan fingerprint density at radius 2 is 1.91 bits per heavy atom. The maximum absolute atomic E-state index is 12.2. The molecule has 1 fully saturated rings. The van der Waals surface area contributed by atoms with Gasteiger partial charge in [0.25, 0.3) is 0 Å². The third-order valence-electron chi connectivity index (χ3n) is 4.72. The minimum atomic E-state index is -0.941. The van der Waals surface area contributed by atoms with Gasteiger partial charge in [-0.15, -0.1) is 0 Å². The Kier molecular flexibility index (Phi) is 5.21. The lowest BCUT2D eigenvalue weighted by molar-refractivity contribution is -0.158. The number of nitrogens with one attached hydrogen (secondary N) is 1. The molecule has 2 N–H and O–H groups in total. The SMILES string of the molecule is CCC(C)C(=O)NCCOC(=O)C1C2C=CC(C2)C1C(=O)O. The van der Waals surface area contributed by atoms with Crippen LogP contribution in [0.3, 0.4) is 0 Å². The number of amides is 1. The van der Waals surface area contributed by atoms with Gasteiger partial charge in [0.1, 0.15) is 6.61 Å². The second-order valence-electron chi connectivity index (χ2n) is 6.11. The van der Waals surface area contributed by atoms with Crippen molar-refractivity contribution in [3.63, 3.8) is 0 Å². The van der Waals surface area contributed by atoms with Gasteiger partial charge in [-0.05, 0) is 24.7 Å². The van der Waals surface area contributed by atoms with Crippen LogP contribution in [0.1, 0.15) is 26.7 Å². The summed E-state index contributed by atoms with van der Waals surface area (Å²) >= 11 is 0. The van der Waals surface area contributed by atoms with Gasteiger partial charge >= 0.3 is 11.9 Å². The van der Waals surface area contributed by atoms with Gasteiger partial charge in [-0.1, -0.05) is 26.0 Å². The maximum atomic E-state index is 12.2. The van der Waals surface area contributed by atoms with E-state index in [1.165, 1.54) is 0 Å². The van der Waals surface area contributed by atoms with Crippen LogP contribution in [-0.2, 0) is 19.1 Å². The Labute approximate surface area is 129 Å². The molecule has 6 nitrogen and oxygen atoms in total. The predicted molar refractivity (Wildman–Crippen MR) is 78.8 cm³/mol. The summed E-state index contributed by atoms with van der Waals surface area (Å²) in [6.45, 7) is 4.09.